The van der Waals surface area contributed by atoms with Gasteiger partial charge in [0.1, 0.15) is 46.9 Å². The zero-order chi connectivity index (χ0) is 35.3. The molecule has 0 saturated carbocycles. The van der Waals surface area contributed by atoms with E-state index >= 15 is 0 Å². The first kappa shape index (κ1) is 35.5. The molecule has 11 nitrogen and oxygen atoms in total. The Balaban J connectivity index is 0.000000230. The zero-order valence-corrected chi connectivity index (χ0v) is 27.9. The monoisotopic (exact) mass is 665 g/mol. The van der Waals surface area contributed by atoms with Crippen LogP contribution in [0, 0.1) is 6.92 Å². The van der Waals surface area contributed by atoms with Crippen molar-refractivity contribution >= 4 is 28.9 Å². The van der Waals surface area contributed by atoms with E-state index in [1.165, 1.54) is 26.0 Å². The molecule has 254 valence electrons. The van der Waals surface area contributed by atoms with Crippen LogP contribution in [0.2, 0.25) is 0 Å². The average Bonchev–Trinajstić information content (AvgIpc) is 3.08. The molecule has 0 heterocycles. The maximum absolute atomic E-state index is 11.6. The van der Waals surface area contributed by atoms with Crippen molar-refractivity contribution in [2.45, 2.75) is 27.4 Å². The van der Waals surface area contributed by atoms with Crippen LogP contribution < -0.4 is 40.1 Å². The van der Waals surface area contributed by atoms with Gasteiger partial charge in [-0.2, -0.15) is 0 Å². The van der Waals surface area contributed by atoms with Gasteiger partial charge in [0, 0.05) is 32.0 Å². The fourth-order valence-electron chi connectivity index (χ4n) is 4.42. The van der Waals surface area contributed by atoms with Gasteiger partial charge in [-0.25, -0.2) is 0 Å². The summed E-state index contributed by atoms with van der Waals surface area (Å²) in [6, 6.07) is 30.6. The lowest BCUT2D eigenvalue weighted by Gasteiger charge is -2.16. The van der Waals surface area contributed by atoms with E-state index in [1.807, 2.05) is 67.6 Å². The Labute approximate surface area is 285 Å². The largest absolute Gasteiger partial charge is 0.506 e. The quantitative estimate of drug-likeness (QED) is 0.0811. The number of hydrogen-bond acceptors (Lipinski definition) is 9. The van der Waals surface area contributed by atoms with Crippen LogP contribution in [0.5, 0.6) is 46.0 Å². The first-order valence-corrected chi connectivity index (χ1v) is 15.2. The van der Waals surface area contributed by atoms with Gasteiger partial charge in [0.25, 0.3) is 0 Å². The van der Waals surface area contributed by atoms with Gasteiger partial charge < -0.3 is 45.2 Å². The van der Waals surface area contributed by atoms with Crippen LogP contribution in [0.3, 0.4) is 0 Å². The van der Waals surface area contributed by atoms with Gasteiger partial charge in [0.05, 0.1) is 31.3 Å². The first-order valence-electron chi connectivity index (χ1n) is 15.2. The zero-order valence-electron chi connectivity index (χ0n) is 27.9. The van der Waals surface area contributed by atoms with Crippen LogP contribution in [-0.2, 0) is 16.2 Å². The van der Waals surface area contributed by atoms with Gasteiger partial charge in [-0.1, -0.05) is 30.3 Å². The number of aryl methyl sites for hydroxylation is 1. The summed E-state index contributed by atoms with van der Waals surface area (Å²) in [6.07, 6.45) is 0. The van der Waals surface area contributed by atoms with Crippen molar-refractivity contribution in [2.24, 2.45) is 0 Å². The van der Waals surface area contributed by atoms with Crippen molar-refractivity contribution < 1.29 is 38.4 Å². The molecule has 0 saturated heterocycles. The fraction of sp³-hybridized carbons (Fsp3) is 0.158. The summed E-state index contributed by atoms with van der Waals surface area (Å²) in [5.41, 5.74) is 8.81. The van der Waals surface area contributed by atoms with E-state index in [4.69, 9.17) is 29.4 Å². The van der Waals surface area contributed by atoms with E-state index in [0.717, 1.165) is 16.9 Å². The molecule has 5 aromatic rings. The minimum Gasteiger partial charge on any atom is -0.506 e. The number of phenols is 1. The Morgan fingerprint density at radius 3 is 1.67 bits per heavy atom. The summed E-state index contributed by atoms with van der Waals surface area (Å²) >= 11 is 0. The molecule has 2 amide bonds. The number of amides is 2. The number of ether oxygens (including phenoxy) is 5. The predicted molar refractivity (Wildman–Crippen MR) is 189 cm³/mol. The number of methoxy groups -OCH3 is 2. The highest BCUT2D eigenvalue weighted by molar-refractivity contribution is 5.92. The number of anilines is 3. The number of rotatable bonds is 11. The van der Waals surface area contributed by atoms with Crippen molar-refractivity contribution in [3.05, 3.63) is 114 Å². The van der Waals surface area contributed by atoms with Crippen LogP contribution in [0.4, 0.5) is 17.1 Å². The molecular weight excluding hydrogens is 626 g/mol. The van der Waals surface area contributed by atoms with Crippen molar-refractivity contribution in [3.8, 4) is 46.0 Å². The molecule has 0 aliphatic heterocycles. The normalized spacial score (nSPS) is 10.1. The Kier molecular flexibility index (Phi) is 12.3. The number of phenolic OH excluding ortho intramolecular Hbond substituents is 1. The second kappa shape index (κ2) is 17.0. The van der Waals surface area contributed by atoms with Gasteiger partial charge in [-0.3, -0.25) is 9.59 Å². The Morgan fingerprint density at radius 2 is 1.14 bits per heavy atom. The topological polar surface area (TPSA) is 151 Å². The van der Waals surface area contributed by atoms with E-state index in [2.05, 4.69) is 10.6 Å². The molecule has 0 aliphatic carbocycles. The molecule has 0 aliphatic rings. The molecule has 0 unspecified atom stereocenters. The number of hydrogen-bond donors (Lipinski definition) is 4. The van der Waals surface area contributed by atoms with E-state index < -0.39 is 0 Å². The Bertz CT molecular complexity index is 1860. The summed E-state index contributed by atoms with van der Waals surface area (Å²) in [4.78, 5) is 22.7. The second-order valence-corrected chi connectivity index (χ2v) is 10.7. The number of benzene rings is 5. The van der Waals surface area contributed by atoms with E-state index in [1.54, 1.807) is 44.6 Å². The van der Waals surface area contributed by atoms with Crippen LogP contribution in [0.15, 0.2) is 103 Å². The summed E-state index contributed by atoms with van der Waals surface area (Å²) in [6.45, 7) is 5.15. The molecular formula is C38H39N3O8. The molecule has 49 heavy (non-hydrogen) atoms. The maximum atomic E-state index is 11.6. The van der Waals surface area contributed by atoms with Crippen LogP contribution in [-0.4, -0.2) is 31.1 Å². The maximum Gasteiger partial charge on any atom is 0.221 e. The highest BCUT2D eigenvalue weighted by Gasteiger charge is 2.13. The molecule has 0 fully saturated rings. The minimum absolute atomic E-state index is 0.121. The molecule has 11 heteroatoms. The molecule has 5 N–H and O–H groups in total. The van der Waals surface area contributed by atoms with Gasteiger partial charge in [0.15, 0.2) is 5.75 Å². The van der Waals surface area contributed by atoms with Crippen molar-refractivity contribution in [2.75, 3.05) is 30.6 Å². The first-order chi connectivity index (χ1) is 23.5. The number of nitrogens with one attached hydrogen (secondary N) is 2. The summed E-state index contributed by atoms with van der Waals surface area (Å²) in [5.74, 6) is 3.67. The lowest BCUT2D eigenvalue weighted by atomic mass is 10.1. The molecule has 0 bridgehead atoms. The van der Waals surface area contributed by atoms with Gasteiger partial charge >= 0.3 is 0 Å². The third-order valence-corrected chi connectivity index (χ3v) is 6.84. The number of carbonyl (C=O) groups is 2. The summed E-state index contributed by atoms with van der Waals surface area (Å²) < 4.78 is 27.8. The second-order valence-electron chi connectivity index (χ2n) is 10.7. The smallest absolute Gasteiger partial charge is 0.221 e. The molecule has 0 spiro atoms. The van der Waals surface area contributed by atoms with Crippen molar-refractivity contribution in [1.29, 1.82) is 0 Å². The summed E-state index contributed by atoms with van der Waals surface area (Å²) in [7, 11) is 3.20. The van der Waals surface area contributed by atoms with Crippen LogP contribution >= 0.6 is 0 Å². The molecule has 0 aromatic heterocycles. The lowest BCUT2D eigenvalue weighted by Crippen LogP contribution is -2.08. The molecule has 0 radical (unpaired) electrons. The van der Waals surface area contributed by atoms with E-state index in [-0.39, 0.29) is 28.9 Å². The standard InChI is InChI=1S/C23H23NO4.C15H16N2O4/c1-16-13-23(27-15-18-7-5-4-6-8-18)21(24-17(2)25)14-22(16)28-20-11-9-19(26-3)10-12-20;1-9(18)17-13-8-15(12(16)7-14(13)19)21-11-5-3-10(20-2)4-6-11/h4-14H,15H2,1-3H3,(H,24,25);3-8,19H,16H2,1-2H3,(H,17,18). The third kappa shape index (κ3) is 10.6. The van der Waals surface area contributed by atoms with Gasteiger partial charge in [-0.15, -0.1) is 0 Å². The number of carbonyl (C=O) groups excluding carboxylic acids is 2. The van der Waals surface area contributed by atoms with E-state index in [0.29, 0.717) is 46.8 Å². The molecule has 5 aromatic carbocycles. The van der Waals surface area contributed by atoms with Gasteiger partial charge in [0.2, 0.25) is 11.8 Å². The highest BCUT2D eigenvalue weighted by Crippen LogP contribution is 2.37. The van der Waals surface area contributed by atoms with Crippen molar-refractivity contribution in [1.82, 2.24) is 0 Å². The number of aromatic hydroxyl groups is 1. The van der Waals surface area contributed by atoms with Crippen LogP contribution in [0.25, 0.3) is 0 Å². The SMILES string of the molecule is COc1ccc(Oc2cc(NC(C)=O)c(O)cc2N)cc1.COc1ccc(Oc2cc(NC(C)=O)c(OCc3ccccc3)cc2C)cc1. The molecule has 0 atom stereocenters. The fourth-order valence-corrected chi connectivity index (χ4v) is 4.42. The van der Waals surface area contributed by atoms with Gasteiger partial charge in [-0.05, 0) is 72.6 Å². The highest BCUT2D eigenvalue weighted by atomic mass is 16.5. The lowest BCUT2D eigenvalue weighted by molar-refractivity contribution is -0.115. The summed E-state index contributed by atoms with van der Waals surface area (Å²) in [5, 5.41) is 15.0. The minimum atomic E-state index is -0.300. The third-order valence-electron chi connectivity index (χ3n) is 6.84. The average molecular weight is 666 g/mol. The Hall–Kier alpha value is -6.36. The molecule has 5 rings (SSSR count). The van der Waals surface area contributed by atoms with Crippen LogP contribution in [0.1, 0.15) is 25.0 Å². The van der Waals surface area contributed by atoms with E-state index in [9.17, 15) is 14.7 Å². The number of nitrogen functional groups attached to an aromatic ring is 1. The number of nitrogens with two attached hydrogens (primary N) is 1. The Morgan fingerprint density at radius 1 is 0.653 bits per heavy atom. The predicted octanol–water partition coefficient (Wildman–Crippen LogP) is 8.07. The van der Waals surface area contributed by atoms with Crippen molar-refractivity contribution in [3.63, 3.8) is 0 Å².